The molecule has 0 aromatic heterocycles. The van der Waals surface area contributed by atoms with Gasteiger partial charge in [0.2, 0.25) is 0 Å². The molecule has 0 aliphatic carbocycles. The summed E-state index contributed by atoms with van der Waals surface area (Å²) in [5, 5.41) is 3.45. The predicted molar refractivity (Wildman–Crippen MR) is 60.0 cm³/mol. The van der Waals surface area contributed by atoms with Crippen LogP contribution >= 0.6 is 12.6 Å². The van der Waals surface area contributed by atoms with Crippen LogP contribution in [0.5, 0.6) is 0 Å². The molecule has 0 radical (unpaired) electrons. The van der Waals surface area contributed by atoms with Crippen LogP contribution in [0.25, 0.3) is 0 Å². The van der Waals surface area contributed by atoms with Gasteiger partial charge in [-0.05, 0) is 42.5 Å². The van der Waals surface area contributed by atoms with Gasteiger partial charge >= 0.3 is 0 Å². The minimum absolute atomic E-state index is 0.669. The third kappa shape index (κ3) is 1.55. The zero-order valence-corrected chi connectivity index (χ0v) is 8.99. The van der Waals surface area contributed by atoms with Gasteiger partial charge in [0.05, 0.1) is 0 Å². The summed E-state index contributed by atoms with van der Waals surface area (Å²) in [6.45, 7) is 5.52. The molecule has 1 unspecified atom stereocenters. The Labute approximate surface area is 85.0 Å². The van der Waals surface area contributed by atoms with Crippen molar-refractivity contribution in [2.75, 3.05) is 11.9 Å². The van der Waals surface area contributed by atoms with Gasteiger partial charge in [-0.3, -0.25) is 0 Å². The predicted octanol–water partition coefficient (Wildman–Crippen LogP) is 3.20. The molecule has 0 bridgehead atoms. The smallest absolute Gasteiger partial charge is 0.0405 e. The molecular weight excluding hydrogens is 178 g/mol. The standard InChI is InChI=1S/C11H15NS/c1-7-3-4-12-11-8(2)5-9(13)6-10(7)11/h5-7,12-13H,3-4H2,1-2H3. The van der Waals surface area contributed by atoms with Crippen LogP contribution in [0.15, 0.2) is 17.0 Å². The largest absolute Gasteiger partial charge is 0.385 e. The minimum atomic E-state index is 0.669. The van der Waals surface area contributed by atoms with Gasteiger partial charge in [0.25, 0.3) is 0 Å². The number of aryl methyl sites for hydroxylation is 1. The monoisotopic (exact) mass is 193 g/mol. The number of hydrogen-bond acceptors (Lipinski definition) is 2. The molecular formula is C11H15NS. The number of nitrogens with one attached hydrogen (secondary N) is 1. The van der Waals surface area contributed by atoms with Crippen LogP contribution in [-0.2, 0) is 0 Å². The van der Waals surface area contributed by atoms with Crippen molar-refractivity contribution in [1.82, 2.24) is 0 Å². The summed E-state index contributed by atoms with van der Waals surface area (Å²) < 4.78 is 0. The van der Waals surface area contributed by atoms with Gasteiger partial charge in [-0.1, -0.05) is 6.92 Å². The second-order valence-electron chi connectivity index (χ2n) is 3.84. The first kappa shape index (κ1) is 8.95. The Hall–Kier alpha value is -0.630. The van der Waals surface area contributed by atoms with E-state index in [-0.39, 0.29) is 0 Å². The Bertz CT molecular complexity index is 333. The van der Waals surface area contributed by atoms with Gasteiger partial charge in [-0.2, -0.15) is 0 Å². The van der Waals surface area contributed by atoms with E-state index in [1.54, 1.807) is 0 Å². The van der Waals surface area contributed by atoms with Crippen LogP contribution < -0.4 is 5.32 Å². The first-order valence-corrected chi connectivity index (χ1v) is 5.20. The van der Waals surface area contributed by atoms with E-state index in [1.165, 1.54) is 23.2 Å². The fourth-order valence-corrected chi connectivity index (χ4v) is 2.33. The van der Waals surface area contributed by atoms with Gasteiger partial charge in [0.15, 0.2) is 0 Å². The lowest BCUT2D eigenvalue weighted by Crippen LogP contribution is -2.15. The molecule has 0 saturated carbocycles. The van der Waals surface area contributed by atoms with E-state index < -0.39 is 0 Å². The molecule has 0 spiro atoms. The molecule has 1 N–H and O–H groups in total. The first-order chi connectivity index (χ1) is 6.18. The highest BCUT2D eigenvalue weighted by Crippen LogP contribution is 2.35. The second kappa shape index (κ2) is 3.26. The number of hydrogen-bond donors (Lipinski definition) is 2. The topological polar surface area (TPSA) is 12.0 Å². The number of thiol groups is 1. The van der Waals surface area contributed by atoms with Gasteiger partial charge in [0, 0.05) is 17.1 Å². The average molecular weight is 193 g/mol. The number of fused-ring (bicyclic) bond motifs is 1. The highest BCUT2D eigenvalue weighted by atomic mass is 32.1. The molecule has 0 fully saturated rings. The molecule has 70 valence electrons. The summed E-state index contributed by atoms with van der Waals surface area (Å²) in [6, 6.07) is 4.30. The lowest BCUT2D eigenvalue weighted by molar-refractivity contribution is 0.680. The third-order valence-corrected chi connectivity index (χ3v) is 3.02. The molecule has 2 heteroatoms. The molecule has 0 saturated heterocycles. The quantitative estimate of drug-likeness (QED) is 0.603. The highest BCUT2D eigenvalue weighted by Gasteiger charge is 2.17. The van der Waals surface area contributed by atoms with Gasteiger partial charge < -0.3 is 5.32 Å². The molecule has 1 atom stereocenters. The van der Waals surface area contributed by atoms with E-state index in [0.29, 0.717) is 5.92 Å². The Morgan fingerprint density at radius 3 is 3.00 bits per heavy atom. The molecule has 1 aromatic carbocycles. The maximum Gasteiger partial charge on any atom is 0.0405 e. The van der Waals surface area contributed by atoms with Crippen LogP contribution in [0.1, 0.15) is 30.4 Å². The first-order valence-electron chi connectivity index (χ1n) is 4.76. The van der Waals surface area contributed by atoms with Crippen LogP contribution in [-0.4, -0.2) is 6.54 Å². The van der Waals surface area contributed by atoms with Crippen LogP contribution in [0.2, 0.25) is 0 Å². The molecule has 1 heterocycles. The molecule has 1 nitrogen and oxygen atoms in total. The summed E-state index contributed by atoms with van der Waals surface area (Å²) in [5.41, 5.74) is 4.07. The van der Waals surface area contributed by atoms with Gasteiger partial charge in [-0.15, -0.1) is 12.6 Å². The third-order valence-electron chi connectivity index (χ3n) is 2.76. The lowest BCUT2D eigenvalue weighted by atomic mass is 9.91. The molecule has 0 amide bonds. The van der Waals surface area contributed by atoms with Crippen molar-refractivity contribution < 1.29 is 0 Å². The SMILES string of the molecule is Cc1cc(S)cc2c1NCCC2C. The Kier molecular flexibility index (Phi) is 2.24. The Balaban J connectivity index is 2.56. The molecule has 2 rings (SSSR count). The number of benzene rings is 1. The van der Waals surface area contributed by atoms with Crippen molar-refractivity contribution in [3.63, 3.8) is 0 Å². The van der Waals surface area contributed by atoms with E-state index >= 15 is 0 Å². The summed E-state index contributed by atoms with van der Waals surface area (Å²) in [4.78, 5) is 1.08. The molecule has 13 heavy (non-hydrogen) atoms. The fourth-order valence-electron chi connectivity index (χ4n) is 1.99. The second-order valence-corrected chi connectivity index (χ2v) is 4.36. The van der Waals surface area contributed by atoms with E-state index in [0.717, 1.165) is 11.4 Å². The minimum Gasteiger partial charge on any atom is -0.385 e. The van der Waals surface area contributed by atoms with E-state index in [9.17, 15) is 0 Å². The van der Waals surface area contributed by atoms with Gasteiger partial charge in [0.1, 0.15) is 0 Å². The Morgan fingerprint density at radius 1 is 1.46 bits per heavy atom. The maximum absolute atomic E-state index is 4.40. The summed E-state index contributed by atoms with van der Waals surface area (Å²) >= 11 is 4.40. The Morgan fingerprint density at radius 2 is 2.23 bits per heavy atom. The van der Waals surface area contributed by atoms with Crippen LogP contribution in [0, 0.1) is 6.92 Å². The van der Waals surface area contributed by atoms with E-state index in [2.05, 4.69) is 43.9 Å². The summed E-state index contributed by atoms with van der Waals surface area (Å²) in [7, 11) is 0. The van der Waals surface area contributed by atoms with E-state index in [4.69, 9.17) is 0 Å². The maximum atomic E-state index is 4.40. The van der Waals surface area contributed by atoms with Crippen molar-refractivity contribution in [2.45, 2.75) is 31.1 Å². The number of rotatable bonds is 0. The fraction of sp³-hybridized carbons (Fsp3) is 0.455. The molecule has 1 aliphatic rings. The lowest BCUT2D eigenvalue weighted by Gasteiger charge is -2.25. The molecule has 1 aromatic rings. The molecule has 1 aliphatic heterocycles. The van der Waals surface area contributed by atoms with Crippen molar-refractivity contribution in [2.24, 2.45) is 0 Å². The van der Waals surface area contributed by atoms with Gasteiger partial charge in [-0.25, -0.2) is 0 Å². The zero-order chi connectivity index (χ0) is 9.42. The van der Waals surface area contributed by atoms with Crippen LogP contribution in [0.4, 0.5) is 5.69 Å². The zero-order valence-electron chi connectivity index (χ0n) is 8.09. The van der Waals surface area contributed by atoms with Crippen molar-refractivity contribution in [3.05, 3.63) is 23.3 Å². The summed E-state index contributed by atoms with van der Waals surface area (Å²) in [5.74, 6) is 0.669. The van der Waals surface area contributed by atoms with Crippen molar-refractivity contribution in [1.29, 1.82) is 0 Å². The van der Waals surface area contributed by atoms with E-state index in [1.807, 2.05) is 0 Å². The average Bonchev–Trinajstić information content (AvgIpc) is 2.07. The normalized spacial score (nSPS) is 20.7. The van der Waals surface area contributed by atoms with Crippen LogP contribution in [0.3, 0.4) is 0 Å². The van der Waals surface area contributed by atoms with Crippen molar-refractivity contribution >= 4 is 18.3 Å². The highest BCUT2D eigenvalue weighted by molar-refractivity contribution is 7.80. The summed E-state index contributed by atoms with van der Waals surface area (Å²) in [6.07, 6.45) is 1.23. The number of anilines is 1. The van der Waals surface area contributed by atoms with Crippen molar-refractivity contribution in [3.8, 4) is 0 Å².